The second-order valence-electron chi connectivity index (χ2n) is 6.96. The topological polar surface area (TPSA) is 29.5 Å². The van der Waals surface area contributed by atoms with Crippen molar-refractivity contribution >= 4 is 18.4 Å². The van der Waals surface area contributed by atoms with Crippen molar-refractivity contribution in [2.45, 2.75) is 25.2 Å². The molecule has 0 N–H and O–H groups in total. The summed E-state index contributed by atoms with van der Waals surface area (Å²) in [4.78, 5) is 15.0. The van der Waals surface area contributed by atoms with Gasteiger partial charge in [-0.05, 0) is 43.9 Å². The van der Waals surface area contributed by atoms with Gasteiger partial charge in [0.1, 0.15) is 0 Å². The number of carbonyl (C=O) groups excluding carboxylic acids is 1. The summed E-state index contributed by atoms with van der Waals surface area (Å²) in [5.41, 5.74) is 2.00. The molecule has 1 unspecified atom stereocenters. The third kappa shape index (κ3) is 4.46. The van der Waals surface area contributed by atoms with E-state index in [-0.39, 0.29) is 18.4 Å². The van der Waals surface area contributed by atoms with Crippen molar-refractivity contribution in [3.05, 3.63) is 71.8 Å². The Morgan fingerprint density at radius 1 is 1.12 bits per heavy atom. The minimum atomic E-state index is -0.446. The lowest BCUT2D eigenvalue weighted by Crippen LogP contribution is -2.31. The van der Waals surface area contributed by atoms with Gasteiger partial charge in [0.25, 0.3) is 0 Å². The smallest absolute Gasteiger partial charge is 0.316 e. The van der Waals surface area contributed by atoms with Crippen LogP contribution in [-0.4, -0.2) is 37.6 Å². The van der Waals surface area contributed by atoms with E-state index in [0.717, 1.165) is 31.5 Å². The van der Waals surface area contributed by atoms with E-state index in [9.17, 15) is 4.79 Å². The average Bonchev–Trinajstić information content (AvgIpc) is 3.37. The van der Waals surface area contributed by atoms with Crippen LogP contribution in [0.2, 0.25) is 0 Å². The largest absolute Gasteiger partial charge is 0.465 e. The van der Waals surface area contributed by atoms with Crippen LogP contribution in [0.5, 0.6) is 0 Å². The van der Waals surface area contributed by atoms with E-state index in [1.165, 1.54) is 5.56 Å². The summed E-state index contributed by atoms with van der Waals surface area (Å²) >= 11 is 0. The Kier molecular flexibility index (Phi) is 7.24. The number of rotatable bonds is 8. The maximum atomic E-state index is 12.7. The van der Waals surface area contributed by atoms with Crippen LogP contribution in [0.1, 0.15) is 24.5 Å². The number of hydrogen-bond acceptors (Lipinski definition) is 3. The van der Waals surface area contributed by atoms with Gasteiger partial charge in [-0.1, -0.05) is 60.7 Å². The molecule has 0 bridgehead atoms. The highest BCUT2D eigenvalue weighted by Gasteiger charge is 2.62. The SMILES string of the molecule is CCOC(=O)[C@@]1(c2ccccc2)CC1CN(C)CCc1ccccc1.Cl. The van der Waals surface area contributed by atoms with Crippen LogP contribution in [0.15, 0.2) is 60.7 Å². The summed E-state index contributed by atoms with van der Waals surface area (Å²) in [6.07, 6.45) is 1.91. The minimum Gasteiger partial charge on any atom is -0.465 e. The lowest BCUT2D eigenvalue weighted by Gasteiger charge is -2.21. The van der Waals surface area contributed by atoms with Crippen LogP contribution in [0, 0.1) is 5.92 Å². The first-order valence-electron chi connectivity index (χ1n) is 9.12. The van der Waals surface area contributed by atoms with Crippen LogP contribution >= 0.6 is 12.4 Å². The maximum Gasteiger partial charge on any atom is 0.316 e. The van der Waals surface area contributed by atoms with E-state index in [1.807, 2.05) is 31.2 Å². The predicted octanol–water partition coefficient (Wildman–Crippen LogP) is 4.10. The van der Waals surface area contributed by atoms with Crippen LogP contribution in [0.3, 0.4) is 0 Å². The molecule has 3 nitrogen and oxygen atoms in total. The molecule has 140 valence electrons. The number of carbonyl (C=O) groups is 1. The van der Waals surface area contributed by atoms with Crippen LogP contribution < -0.4 is 0 Å². The number of ether oxygens (including phenoxy) is 1. The zero-order valence-corrected chi connectivity index (χ0v) is 16.4. The van der Waals surface area contributed by atoms with Gasteiger partial charge in [-0.25, -0.2) is 0 Å². The molecule has 0 heterocycles. The molecule has 1 aliphatic carbocycles. The van der Waals surface area contributed by atoms with E-state index >= 15 is 0 Å². The Morgan fingerprint density at radius 2 is 1.73 bits per heavy atom. The Hall–Kier alpha value is -1.84. The van der Waals surface area contributed by atoms with Gasteiger partial charge < -0.3 is 9.64 Å². The average molecular weight is 374 g/mol. The molecule has 2 aromatic rings. The third-order valence-electron chi connectivity index (χ3n) is 5.19. The van der Waals surface area contributed by atoms with E-state index in [4.69, 9.17) is 4.74 Å². The summed E-state index contributed by atoms with van der Waals surface area (Å²) in [6, 6.07) is 20.7. The molecule has 2 atom stereocenters. The maximum absolute atomic E-state index is 12.7. The van der Waals surface area contributed by atoms with Crippen molar-refractivity contribution in [1.82, 2.24) is 4.90 Å². The third-order valence-corrected chi connectivity index (χ3v) is 5.19. The second kappa shape index (κ2) is 9.20. The summed E-state index contributed by atoms with van der Waals surface area (Å²) in [5.74, 6) is 0.261. The molecule has 1 fully saturated rings. The van der Waals surface area contributed by atoms with Gasteiger partial charge in [0.2, 0.25) is 0 Å². The highest BCUT2D eigenvalue weighted by molar-refractivity contribution is 5.87. The molecule has 0 radical (unpaired) electrons. The van der Waals surface area contributed by atoms with Crippen LogP contribution in [0.25, 0.3) is 0 Å². The first-order chi connectivity index (χ1) is 12.2. The molecule has 2 aromatic carbocycles. The van der Waals surface area contributed by atoms with Gasteiger partial charge in [-0.3, -0.25) is 4.79 Å². The van der Waals surface area contributed by atoms with Crippen molar-refractivity contribution in [3.8, 4) is 0 Å². The molecule has 0 aromatic heterocycles. The lowest BCUT2D eigenvalue weighted by atomic mass is 9.93. The molecule has 3 rings (SSSR count). The quantitative estimate of drug-likeness (QED) is 0.652. The Labute approximate surface area is 162 Å². The molecule has 0 aliphatic heterocycles. The van der Waals surface area contributed by atoms with E-state index in [2.05, 4.69) is 48.3 Å². The van der Waals surface area contributed by atoms with Gasteiger partial charge >= 0.3 is 5.97 Å². The predicted molar refractivity (Wildman–Crippen MR) is 108 cm³/mol. The fourth-order valence-corrected chi connectivity index (χ4v) is 3.70. The van der Waals surface area contributed by atoms with Crippen LogP contribution in [-0.2, 0) is 21.4 Å². The molecule has 26 heavy (non-hydrogen) atoms. The van der Waals surface area contributed by atoms with Crippen molar-refractivity contribution in [2.24, 2.45) is 5.92 Å². The summed E-state index contributed by atoms with van der Waals surface area (Å²) in [6.45, 7) is 4.22. The van der Waals surface area contributed by atoms with Crippen molar-refractivity contribution in [2.75, 3.05) is 26.7 Å². The van der Waals surface area contributed by atoms with Gasteiger partial charge in [0.15, 0.2) is 0 Å². The zero-order valence-electron chi connectivity index (χ0n) is 15.6. The van der Waals surface area contributed by atoms with Gasteiger partial charge in [0, 0.05) is 13.1 Å². The number of hydrogen-bond donors (Lipinski definition) is 0. The Morgan fingerprint density at radius 3 is 2.35 bits per heavy atom. The Balaban J connectivity index is 0.00000243. The Bertz CT molecular complexity index is 692. The van der Waals surface area contributed by atoms with Gasteiger partial charge in [-0.15, -0.1) is 12.4 Å². The highest BCUT2D eigenvalue weighted by Crippen LogP contribution is 2.55. The number of halogens is 1. The normalized spacial score (nSPS) is 21.1. The summed E-state index contributed by atoms with van der Waals surface area (Å²) < 4.78 is 5.41. The summed E-state index contributed by atoms with van der Waals surface area (Å²) in [5, 5.41) is 0. The highest BCUT2D eigenvalue weighted by atomic mass is 35.5. The van der Waals surface area contributed by atoms with Crippen molar-refractivity contribution < 1.29 is 9.53 Å². The molecule has 0 saturated heterocycles. The van der Waals surface area contributed by atoms with Crippen LogP contribution in [0.4, 0.5) is 0 Å². The molecule has 1 saturated carbocycles. The molecule has 4 heteroatoms. The van der Waals surface area contributed by atoms with Gasteiger partial charge in [-0.2, -0.15) is 0 Å². The lowest BCUT2D eigenvalue weighted by molar-refractivity contribution is -0.146. The summed E-state index contributed by atoms with van der Waals surface area (Å²) in [7, 11) is 2.14. The van der Waals surface area contributed by atoms with E-state index in [1.54, 1.807) is 0 Å². The molecular weight excluding hydrogens is 346 g/mol. The van der Waals surface area contributed by atoms with Crippen molar-refractivity contribution in [1.29, 1.82) is 0 Å². The molecular formula is C22H28ClNO2. The van der Waals surface area contributed by atoms with Gasteiger partial charge in [0.05, 0.1) is 12.0 Å². The molecule has 0 spiro atoms. The standard InChI is InChI=1S/C22H27NO2.ClH/c1-3-25-21(24)22(19-12-8-5-9-13-19)16-20(22)17-23(2)15-14-18-10-6-4-7-11-18;/h4-13,20H,3,14-17H2,1-2H3;1H/t20?,22-;/m1./s1. The van der Waals surface area contributed by atoms with Crippen molar-refractivity contribution in [3.63, 3.8) is 0 Å². The zero-order chi connectivity index (χ0) is 17.7. The number of benzene rings is 2. The fourth-order valence-electron chi connectivity index (χ4n) is 3.70. The number of likely N-dealkylation sites (N-methyl/N-ethyl adjacent to an activating group) is 1. The van der Waals surface area contributed by atoms with E-state index in [0.29, 0.717) is 12.5 Å². The first kappa shape index (κ1) is 20.5. The first-order valence-corrected chi connectivity index (χ1v) is 9.12. The monoisotopic (exact) mass is 373 g/mol. The number of nitrogens with zero attached hydrogens (tertiary/aromatic N) is 1. The number of esters is 1. The molecule has 1 aliphatic rings. The minimum absolute atomic E-state index is 0. The second-order valence-corrected chi connectivity index (χ2v) is 6.96. The molecule has 0 amide bonds. The van der Waals surface area contributed by atoms with E-state index < -0.39 is 5.41 Å². The fraction of sp³-hybridized carbons (Fsp3) is 0.409.